The molecule has 0 atom stereocenters. The summed E-state index contributed by atoms with van der Waals surface area (Å²) in [4.78, 5) is 4.23. The second-order valence-electron chi connectivity index (χ2n) is 5.08. The van der Waals surface area contributed by atoms with Crippen molar-refractivity contribution in [1.82, 2.24) is 0 Å². The predicted octanol–water partition coefficient (Wildman–Crippen LogP) is 4.12. The molecule has 0 aliphatic carbocycles. The largest absolute Gasteiger partial charge is 0.293 e. The van der Waals surface area contributed by atoms with Crippen molar-refractivity contribution in [1.29, 1.82) is 0 Å². The summed E-state index contributed by atoms with van der Waals surface area (Å²) in [6.07, 6.45) is 1.16. The number of hydrogen-bond donors (Lipinski definition) is 0. The summed E-state index contributed by atoms with van der Waals surface area (Å²) in [6.45, 7) is 11.1. The standard InChI is InChI=1S/C15H23N/c1-7-15(4,5)14-9-8-13(10-11(14)2)12(3)16-6/h8-10H,7H2,1-6H3. The van der Waals surface area contributed by atoms with E-state index in [1.165, 1.54) is 16.7 Å². The topological polar surface area (TPSA) is 12.4 Å². The fraction of sp³-hybridized carbons (Fsp3) is 0.533. The molecule has 1 rings (SSSR count). The Kier molecular flexibility index (Phi) is 3.90. The first kappa shape index (κ1) is 13.0. The van der Waals surface area contributed by atoms with Crippen LogP contribution in [-0.2, 0) is 5.41 Å². The van der Waals surface area contributed by atoms with Crippen molar-refractivity contribution in [2.45, 2.75) is 46.5 Å². The average molecular weight is 217 g/mol. The van der Waals surface area contributed by atoms with E-state index in [0.717, 1.165) is 12.1 Å². The summed E-state index contributed by atoms with van der Waals surface area (Å²) in [6, 6.07) is 6.68. The normalized spacial score (nSPS) is 13.0. The van der Waals surface area contributed by atoms with Gasteiger partial charge in [0.2, 0.25) is 0 Å². The molecule has 0 bridgehead atoms. The van der Waals surface area contributed by atoms with Crippen LogP contribution >= 0.6 is 0 Å². The van der Waals surface area contributed by atoms with Crippen molar-refractivity contribution in [2.24, 2.45) is 4.99 Å². The summed E-state index contributed by atoms with van der Waals surface area (Å²) >= 11 is 0. The van der Waals surface area contributed by atoms with Gasteiger partial charge in [-0.1, -0.05) is 32.9 Å². The average Bonchev–Trinajstić information content (AvgIpc) is 2.27. The highest BCUT2D eigenvalue weighted by Gasteiger charge is 2.20. The van der Waals surface area contributed by atoms with E-state index in [9.17, 15) is 0 Å². The SMILES string of the molecule is CCC(C)(C)c1ccc(C(C)=NC)cc1C. The maximum absolute atomic E-state index is 4.23. The molecule has 0 aliphatic heterocycles. The minimum Gasteiger partial charge on any atom is -0.293 e. The van der Waals surface area contributed by atoms with Crippen LogP contribution in [0.15, 0.2) is 23.2 Å². The van der Waals surface area contributed by atoms with Crippen LogP contribution in [0.5, 0.6) is 0 Å². The summed E-state index contributed by atoms with van der Waals surface area (Å²) in [5.74, 6) is 0. The molecule has 0 radical (unpaired) electrons. The van der Waals surface area contributed by atoms with E-state index in [2.05, 4.69) is 57.8 Å². The Morgan fingerprint density at radius 2 is 1.94 bits per heavy atom. The summed E-state index contributed by atoms with van der Waals surface area (Å²) < 4.78 is 0. The maximum Gasteiger partial charge on any atom is 0.0386 e. The van der Waals surface area contributed by atoms with Crippen molar-refractivity contribution in [2.75, 3.05) is 7.05 Å². The molecular weight excluding hydrogens is 194 g/mol. The van der Waals surface area contributed by atoms with Crippen molar-refractivity contribution < 1.29 is 0 Å². The van der Waals surface area contributed by atoms with E-state index in [1.54, 1.807) is 0 Å². The summed E-state index contributed by atoms with van der Waals surface area (Å²) in [7, 11) is 1.84. The quantitative estimate of drug-likeness (QED) is 0.675. The Balaban J connectivity index is 3.20. The minimum atomic E-state index is 0.264. The van der Waals surface area contributed by atoms with Crippen molar-refractivity contribution in [3.8, 4) is 0 Å². The third-order valence-corrected chi connectivity index (χ3v) is 3.59. The van der Waals surface area contributed by atoms with E-state index in [1.807, 2.05) is 7.05 Å². The van der Waals surface area contributed by atoms with Gasteiger partial charge >= 0.3 is 0 Å². The molecule has 0 amide bonds. The second-order valence-corrected chi connectivity index (χ2v) is 5.08. The van der Waals surface area contributed by atoms with Gasteiger partial charge in [-0.15, -0.1) is 0 Å². The molecule has 0 aliphatic rings. The van der Waals surface area contributed by atoms with Crippen molar-refractivity contribution >= 4 is 5.71 Å². The molecule has 0 spiro atoms. The molecule has 88 valence electrons. The molecule has 0 N–H and O–H groups in total. The summed E-state index contributed by atoms with van der Waals surface area (Å²) in [5.41, 5.74) is 5.41. The van der Waals surface area contributed by atoms with Crippen LogP contribution in [0.3, 0.4) is 0 Å². The van der Waals surface area contributed by atoms with Crippen LogP contribution < -0.4 is 0 Å². The third-order valence-electron chi connectivity index (χ3n) is 3.59. The smallest absolute Gasteiger partial charge is 0.0386 e. The van der Waals surface area contributed by atoms with Gasteiger partial charge in [-0.2, -0.15) is 0 Å². The lowest BCUT2D eigenvalue weighted by Crippen LogP contribution is -2.17. The highest BCUT2D eigenvalue weighted by atomic mass is 14.7. The lowest BCUT2D eigenvalue weighted by atomic mass is 9.79. The monoisotopic (exact) mass is 217 g/mol. The van der Waals surface area contributed by atoms with Gasteiger partial charge in [0.1, 0.15) is 0 Å². The second kappa shape index (κ2) is 4.82. The maximum atomic E-state index is 4.23. The molecule has 16 heavy (non-hydrogen) atoms. The Morgan fingerprint density at radius 3 is 2.38 bits per heavy atom. The van der Waals surface area contributed by atoms with E-state index < -0.39 is 0 Å². The van der Waals surface area contributed by atoms with Gasteiger partial charge in [-0.25, -0.2) is 0 Å². The molecule has 0 fully saturated rings. The summed E-state index contributed by atoms with van der Waals surface area (Å²) in [5, 5.41) is 0. The first-order valence-electron chi connectivity index (χ1n) is 5.97. The molecule has 1 nitrogen and oxygen atoms in total. The Labute approximate surface area is 99.6 Å². The minimum absolute atomic E-state index is 0.264. The van der Waals surface area contributed by atoms with Crippen LogP contribution in [-0.4, -0.2) is 12.8 Å². The van der Waals surface area contributed by atoms with Crippen LogP contribution in [0.1, 0.15) is 50.8 Å². The van der Waals surface area contributed by atoms with Crippen LogP contribution in [0, 0.1) is 6.92 Å². The predicted molar refractivity (Wildman–Crippen MR) is 72.6 cm³/mol. The molecular formula is C15H23N. The fourth-order valence-corrected chi connectivity index (χ4v) is 1.97. The number of benzene rings is 1. The molecule has 0 saturated heterocycles. The number of nitrogens with zero attached hydrogens (tertiary/aromatic N) is 1. The molecule has 0 heterocycles. The Bertz CT molecular complexity index is 400. The molecule has 0 saturated carbocycles. The zero-order chi connectivity index (χ0) is 12.3. The molecule has 0 unspecified atom stereocenters. The lowest BCUT2D eigenvalue weighted by molar-refractivity contribution is 0.503. The molecule has 1 aromatic carbocycles. The lowest BCUT2D eigenvalue weighted by Gasteiger charge is -2.25. The van der Waals surface area contributed by atoms with Crippen molar-refractivity contribution in [3.63, 3.8) is 0 Å². The Morgan fingerprint density at radius 1 is 1.31 bits per heavy atom. The van der Waals surface area contributed by atoms with Crippen LogP contribution in [0.25, 0.3) is 0 Å². The van der Waals surface area contributed by atoms with Gasteiger partial charge in [0.05, 0.1) is 0 Å². The first-order valence-corrected chi connectivity index (χ1v) is 5.97. The van der Waals surface area contributed by atoms with Gasteiger partial charge in [-0.3, -0.25) is 4.99 Å². The van der Waals surface area contributed by atoms with Gasteiger partial charge in [0, 0.05) is 12.8 Å². The first-order chi connectivity index (χ1) is 7.42. The zero-order valence-electron chi connectivity index (χ0n) is 11.4. The van der Waals surface area contributed by atoms with Gasteiger partial charge in [-0.05, 0) is 48.4 Å². The van der Waals surface area contributed by atoms with Gasteiger partial charge in [0.25, 0.3) is 0 Å². The van der Waals surface area contributed by atoms with Crippen LogP contribution in [0.2, 0.25) is 0 Å². The number of aliphatic imine (C=N–C) groups is 1. The molecule has 1 heteroatoms. The number of rotatable bonds is 3. The fourth-order valence-electron chi connectivity index (χ4n) is 1.97. The zero-order valence-corrected chi connectivity index (χ0v) is 11.4. The van der Waals surface area contributed by atoms with E-state index in [4.69, 9.17) is 0 Å². The van der Waals surface area contributed by atoms with Crippen molar-refractivity contribution in [3.05, 3.63) is 34.9 Å². The van der Waals surface area contributed by atoms with Gasteiger partial charge in [0.15, 0.2) is 0 Å². The van der Waals surface area contributed by atoms with Crippen LogP contribution in [0.4, 0.5) is 0 Å². The molecule has 0 aromatic heterocycles. The number of aryl methyl sites for hydroxylation is 1. The molecule has 1 aromatic rings. The van der Waals surface area contributed by atoms with E-state index in [0.29, 0.717) is 0 Å². The highest BCUT2D eigenvalue weighted by molar-refractivity contribution is 5.98. The van der Waals surface area contributed by atoms with E-state index >= 15 is 0 Å². The van der Waals surface area contributed by atoms with E-state index in [-0.39, 0.29) is 5.41 Å². The highest BCUT2D eigenvalue weighted by Crippen LogP contribution is 2.29. The van der Waals surface area contributed by atoms with Gasteiger partial charge < -0.3 is 0 Å². The third kappa shape index (κ3) is 2.52. The Hall–Kier alpha value is -1.11. The number of hydrogen-bond acceptors (Lipinski definition) is 1.